The molecule has 2 N–H and O–H groups in total. The van der Waals surface area contributed by atoms with Crippen molar-refractivity contribution in [2.24, 2.45) is 7.05 Å². The highest BCUT2D eigenvalue weighted by molar-refractivity contribution is 6.35. The number of esters is 1. The lowest BCUT2D eigenvalue weighted by Crippen LogP contribution is -2.49. The second-order valence-corrected chi connectivity index (χ2v) is 17.7. The Morgan fingerprint density at radius 2 is 1.62 bits per heavy atom. The number of nitrogens with zero attached hydrogens (tertiary/aromatic N) is 6. The van der Waals surface area contributed by atoms with Crippen LogP contribution in [-0.4, -0.2) is 102 Å². The maximum absolute atomic E-state index is 14.6. The van der Waals surface area contributed by atoms with Crippen LogP contribution in [0.25, 0.3) is 43.8 Å². The molecule has 0 bridgehead atoms. The van der Waals surface area contributed by atoms with Gasteiger partial charge in [-0.3, -0.25) is 14.4 Å². The van der Waals surface area contributed by atoms with Crippen LogP contribution in [0.2, 0.25) is 5.02 Å². The number of imidazole rings is 1. The quantitative estimate of drug-likeness (QED) is 0.0809. The maximum Gasteiger partial charge on any atom is 0.355 e. The summed E-state index contributed by atoms with van der Waals surface area (Å²) in [4.78, 5) is 51.5. The third-order valence-electron chi connectivity index (χ3n) is 11.9. The highest BCUT2D eigenvalue weighted by Gasteiger charge is 2.31. The van der Waals surface area contributed by atoms with Gasteiger partial charge in [0.2, 0.25) is 5.91 Å². The van der Waals surface area contributed by atoms with Gasteiger partial charge >= 0.3 is 11.9 Å². The van der Waals surface area contributed by atoms with Crippen molar-refractivity contribution in [3.63, 3.8) is 0 Å². The highest BCUT2D eigenvalue weighted by atomic mass is 35.5. The third-order valence-corrected chi connectivity index (χ3v) is 12.3. The van der Waals surface area contributed by atoms with Gasteiger partial charge in [-0.2, -0.15) is 5.10 Å². The van der Waals surface area contributed by atoms with Gasteiger partial charge in [0.05, 0.1) is 33.9 Å². The first-order valence-corrected chi connectivity index (χ1v) is 22.0. The molecule has 4 heterocycles. The van der Waals surface area contributed by atoms with Crippen molar-refractivity contribution in [1.82, 2.24) is 34.1 Å². The Hall–Kier alpha value is -6.18. The SMILES string of the molecule is Cc1nn(C)c(C)c1-c1c(Cl)ccc2c(CCCOc3cccc4ccccc34)c(C(=O)OC(C)(C)C)n(CCN3CCN(C(=O)CCc4nc5c(C(=O)O)cccc5[nH]4)CC3)c12. The Morgan fingerprint density at radius 3 is 2.35 bits per heavy atom. The van der Waals surface area contributed by atoms with Crippen LogP contribution in [-0.2, 0) is 36.0 Å². The summed E-state index contributed by atoms with van der Waals surface area (Å²) in [6, 6.07) is 23.2. The fourth-order valence-corrected chi connectivity index (χ4v) is 9.12. The Labute approximate surface area is 371 Å². The maximum atomic E-state index is 14.6. The van der Waals surface area contributed by atoms with Crippen molar-refractivity contribution in [2.75, 3.05) is 39.3 Å². The first kappa shape index (κ1) is 43.5. The average molecular weight is 872 g/mol. The minimum atomic E-state index is -1.04. The van der Waals surface area contributed by atoms with E-state index in [1.165, 1.54) is 6.07 Å². The van der Waals surface area contributed by atoms with Gasteiger partial charge in [0.25, 0.3) is 0 Å². The number of halogens is 1. The Morgan fingerprint density at radius 1 is 0.873 bits per heavy atom. The predicted octanol–water partition coefficient (Wildman–Crippen LogP) is 8.78. The minimum Gasteiger partial charge on any atom is -0.493 e. The number of rotatable bonds is 14. The van der Waals surface area contributed by atoms with Gasteiger partial charge in [0.1, 0.15) is 28.4 Å². The summed E-state index contributed by atoms with van der Waals surface area (Å²) in [6.45, 7) is 13.6. The number of carboxylic acids is 1. The van der Waals surface area contributed by atoms with Crippen LogP contribution in [0.15, 0.2) is 72.8 Å². The van der Waals surface area contributed by atoms with Gasteiger partial charge in [-0.05, 0) is 82.7 Å². The molecule has 0 atom stereocenters. The molecule has 1 aliphatic heterocycles. The van der Waals surface area contributed by atoms with Gasteiger partial charge in [-0.25, -0.2) is 14.6 Å². The van der Waals surface area contributed by atoms with E-state index >= 15 is 0 Å². The van der Waals surface area contributed by atoms with Gasteiger partial charge in [0.15, 0.2) is 0 Å². The van der Waals surface area contributed by atoms with Crippen molar-refractivity contribution in [3.05, 3.63) is 112 Å². The summed E-state index contributed by atoms with van der Waals surface area (Å²) in [5, 5.41) is 18.0. The number of hydrogen-bond acceptors (Lipinski definition) is 8. The van der Waals surface area contributed by atoms with E-state index in [4.69, 9.17) is 26.2 Å². The largest absolute Gasteiger partial charge is 0.493 e. The lowest BCUT2D eigenvalue weighted by atomic mass is 9.98. The summed E-state index contributed by atoms with van der Waals surface area (Å²) in [7, 11) is 1.92. The zero-order valence-electron chi connectivity index (χ0n) is 36.8. The van der Waals surface area contributed by atoms with Gasteiger partial charge in [0, 0.05) is 86.8 Å². The number of carbonyl (C=O) groups excluding carboxylic acids is 2. The molecule has 14 heteroatoms. The molecule has 0 unspecified atom stereocenters. The smallest absolute Gasteiger partial charge is 0.355 e. The molecule has 63 heavy (non-hydrogen) atoms. The number of aromatic amines is 1. The second-order valence-electron chi connectivity index (χ2n) is 17.3. The van der Waals surface area contributed by atoms with Crippen molar-refractivity contribution >= 4 is 62.2 Å². The number of benzene rings is 4. The van der Waals surface area contributed by atoms with Crippen molar-refractivity contribution in [2.45, 2.75) is 72.4 Å². The fourth-order valence-electron chi connectivity index (χ4n) is 8.87. The zero-order valence-corrected chi connectivity index (χ0v) is 37.5. The summed E-state index contributed by atoms with van der Waals surface area (Å²) in [5.41, 5.74) is 6.24. The van der Waals surface area contributed by atoms with Crippen molar-refractivity contribution < 1.29 is 29.0 Å². The monoisotopic (exact) mass is 871 g/mol. The summed E-state index contributed by atoms with van der Waals surface area (Å²) in [5.74, 6) is -0.0142. The molecule has 13 nitrogen and oxygen atoms in total. The number of carbonyl (C=O) groups is 3. The zero-order chi connectivity index (χ0) is 44.6. The van der Waals surface area contributed by atoms with Gasteiger partial charge in [-0.1, -0.05) is 60.1 Å². The molecule has 1 saturated heterocycles. The van der Waals surface area contributed by atoms with Crippen LogP contribution >= 0.6 is 11.6 Å². The second kappa shape index (κ2) is 17.9. The van der Waals surface area contributed by atoms with Gasteiger partial charge < -0.3 is 29.0 Å². The van der Waals surface area contributed by atoms with Crippen molar-refractivity contribution in [3.8, 4) is 16.9 Å². The van der Waals surface area contributed by atoms with Crippen LogP contribution in [0.4, 0.5) is 0 Å². The predicted molar refractivity (Wildman–Crippen MR) is 246 cm³/mol. The van der Waals surface area contributed by atoms with E-state index in [1.54, 1.807) is 12.1 Å². The molecule has 0 spiro atoms. The number of aryl methyl sites for hydroxylation is 4. The molecule has 1 fully saturated rings. The number of ether oxygens (including phenoxy) is 2. The first-order valence-electron chi connectivity index (χ1n) is 21.6. The molecule has 7 aromatic rings. The molecule has 8 rings (SSSR count). The Bertz CT molecular complexity index is 2860. The number of aromatic carboxylic acids is 1. The van der Waals surface area contributed by atoms with E-state index in [-0.39, 0.29) is 17.9 Å². The van der Waals surface area contributed by atoms with Crippen LogP contribution < -0.4 is 4.74 Å². The molecule has 1 aliphatic rings. The molecule has 328 valence electrons. The molecule has 3 aromatic heterocycles. The molecule has 0 radical (unpaired) electrons. The molecular formula is C49H54ClN7O6. The number of para-hydroxylation sites is 1. The van der Waals surface area contributed by atoms with Crippen LogP contribution in [0.1, 0.15) is 77.2 Å². The van der Waals surface area contributed by atoms with E-state index < -0.39 is 17.5 Å². The van der Waals surface area contributed by atoms with E-state index in [9.17, 15) is 19.5 Å². The van der Waals surface area contributed by atoms with Crippen molar-refractivity contribution in [1.29, 1.82) is 0 Å². The van der Waals surface area contributed by atoms with Gasteiger partial charge in [-0.15, -0.1) is 0 Å². The lowest BCUT2D eigenvalue weighted by Gasteiger charge is -2.35. The fraction of sp³-hybridized carbons (Fsp3) is 0.367. The highest BCUT2D eigenvalue weighted by Crippen LogP contribution is 2.42. The number of aromatic nitrogens is 5. The van der Waals surface area contributed by atoms with E-state index in [0.29, 0.717) is 92.7 Å². The summed E-state index contributed by atoms with van der Waals surface area (Å²) >= 11 is 7.19. The standard InChI is InChI=1S/C49H54ClN7O6/c1-30-42(31(2)54(6)53-30)43-37(50)20-19-35-34(16-11-29-62-39-18-9-13-32-12-7-8-14-33(32)39)46(48(61)63-49(3,4)5)57(45(35)43)28-25-55-23-26-56(27-24-55)41(58)22-21-40-51-38-17-10-15-36(47(59)60)44(38)52-40/h7-10,12-15,17-20H,11,16,21-29H2,1-6H3,(H,51,52)(H,59,60). The number of hydrogen-bond donors (Lipinski definition) is 2. The first-order chi connectivity index (χ1) is 30.2. The molecule has 4 aromatic carbocycles. The summed E-state index contributed by atoms with van der Waals surface area (Å²) in [6.07, 6.45) is 1.84. The minimum absolute atomic E-state index is 0.0211. The van der Waals surface area contributed by atoms with E-state index in [2.05, 4.69) is 37.6 Å². The number of carboxylic acid groups (broad SMARTS) is 1. The van der Waals surface area contributed by atoms with Crippen LogP contribution in [0, 0.1) is 13.8 Å². The lowest BCUT2D eigenvalue weighted by molar-refractivity contribution is -0.132. The average Bonchev–Trinajstić information content (AvgIpc) is 3.90. The van der Waals surface area contributed by atoms with Crippen LogP contribution in [0.3, 0.4) is 0 Å². The normalized spacial score (nSPS) is 13.7. The number of amides is 1. The number of fused-ring (bicyclic) bond motifs is 3. The topological polar surface area (TPSA) is 148 Å². The molecule has 0 saturated carbocycles. The Kier molecular flexibility index (Phi) is 12.3. The number of nitrogens with one attached hydrogen (secondary N) is 1. The number of H-pyrrole nitrogens is 1. The molecular weight excluding hydrogens is 818 g/mol. The molecule has 0 aliphatic carbocycles. The van der Waals surface area contributed by atoms with E-state index in [1.807, 2.05) is 87.6 Å². The van der Waals surface area contributed by atoms with E-state index in [0.717, 1.165) is 55.5 Å². The Balaban J connectivity index is 1.05. The summed E-state index contributed by atoms with van der Waals surface area (Å²) < 4.78 is 16.5. The van der Waals surface area contributed by atoms with Crippen LogP contribution in [0.5, 0.6) is 5.75 Å². The third kappa shape index (κ3) is 9.03. The number of piperazine rings is 1. The molecule has 1 amide bonds.